The van der Waals surface area contributed by atoms with Crippen molar-refractivity contribution in [1.29, 1.82) is 0 Å². The highest BCUT2D eigenvalue weighted by atomic mass is 35.5. The van der Waals surface area contributed by atoms with E-state index in [-0.39, 0.29) is 25.5 Å². The van der Waals surface area contributed by atoms with E-state index in [9.17, 15) is 13.2 Å². The zero-order valence-corrected chi connectivity index (χ0v) is 23.0. The average molecular weight is 559 g/mol. The number of aryl methyl sites for hydroxylation is 2. The van der Waals surface area contributed by atoms with Gasteiger partial charge in [0, 0.05) is 63.7 Å². The van der Waals surface area contributed by atoms with Crippen LogP contribution in [-0.4, -0.2) is 68.0 Å². The molecule has 11 heteroatoms. The van der Waals surface area contributed by atoms with Crippen LogP contribution in [0.25, 0.3) is 0 Å². The lowest BCUT2D eigenvalue weighted by molar-refractivity contribution is -0.132. The first kappa shape index (κ1) is 26.2. The molecule has 1 amide bonds. The number of carbonyl (C=O) groups is 1. The molecule has 0 saturated carbocycles. The minimum absolute atomic E-state index is 0. The van der Waals surface area contributed by atoms with Gasteiger partial charge in [-0.2, -0.15) is 0 Å². The highest BCUT2D eigenvalue weighted by Crippen LogP contribution is 2.31. The third-order valence-corrected chi connectivity index (χ3v) is 8.77. The number of nitrogens with one attached hydrogen (secondary N) is 1. The molecule has 5 rings (SSSR count). The number of aromatic nitrogens is 2. The number of anilines is 3. The Balaban J connectivity index is 0.00000220. The molecule has 1 fully saturated rings. The van der Waals surface area contributed by atoms with Crippen LogP contribution in [0.5, 0.6) is 0 Å². The second-order valence-electron chi connectivity index (χ2n) is 9.70. The van der Waals surface area contributed by atoms with Crippen LogP contribution in [0.1, 0.15) is 27.5 Å². The van der Waals surface area contributed by atoms with Gasteiger partial charge in [0.1, 0.15) is 18.2 Å². The van der Waals surface area contributed by atoms with Crippen molar-refractivity contribution in [2.24, 2.45) is 0 Å². The first-order chi connectivity index (χ1) is 18.2. The van der Waals surface area contributed by atoms with E-state index in [0.717, 1.165) is 35.8 Å². The molecule has 9 nitrogen and oxygen atoms in total. The van der Waals surface area contributed by atoms with Crippen LogP contribution in [0.2, 0.25) is 5.02 Å². The fourth-order valence-corrected chi connectivity index (χ4v) is 6.32. The summed E-state index contributed by atoms with van der Waals surface area (Å²) < 4.78 is 28.0. The predicted molar refractivity (Wildman–Crippen MR) is 154 cm³/mol. The minimum atomic E-state index is -3.77. The van der Waals surface area contributed by atoms with Gasteiger partial charge >= 0.3 is 0 Å². The van der Waals surface area contributed by atoms with Crippen LogP contribution in [0, 0.1) is 6.92 Å². The molecular formula is C27H35ClN6O3S. The van der Waals surface area contributed by atoms with E-state index in [1.807, 2.05) is 30.0 Å². The molecule has 2 aromatic carbocycles. The maximum atomic E-state index is 13.4. The number of fused-ring (bicyclic) bond motifs is 1. The van der Waals surface area contributed by atoms with Crippen LogP contribution in [-0.2, 0) is 21.2 Å². The number of sulfonamides is 1. The lowest BCUT2D eigenvalue weighted by atomic mass is 10.00. The Hall–Kier alpha value is -3.37. The molecule has 2 aliphatic heterocycles. The van der Waals surface area contributed by atoms with Crippen molar-refractivity contribution in [3.05, 3.63) is 71.1 Å². The number of hydrogen-bond acceptors (Lipinski definition) is 7. The number of benzene rings is 2. The van der Waals surface area contributed by atoms with Crippen molar-refractivity contribution in [3.8, 4) is 0 Å². The summed E-state index contributed by atoms with van der Waals surface area (Å²) in [6.45, 7) is 7.17. The van der Waals surface area contributed by atoms with Gasteiger partial charge in [0.2, 0.25) is 5.91 Å². The van der Waals surface area contributed by atoms with E-state index in [1.54, 1.807) is 37.3 Å². The van der Waals surface area contributed by atoms with Crippen molar-refractivity contribution >= 4 is 44.7 Å². The molecule has 0 spiro atoms. The van der Waals surface area contributed by atoms with Crippen LogP contribution in [0.4, 0.5) is 17.2 Å². The molecule has 1 saturated heterocycles. The molecule has 38 heavy (non-hydrogen) atoms. The van der Waals surface area contributed by atoms with Crippen molar-refractivity contribution in [2.75, 3.05) is 47.2 Å². The van der Waals surface area contributed by atoms with Crippen LogP contribution < -0.4 is 14.5 Å². The van der Waals surface area contributed by atoms with E-state index in [0.29, 0.717) is 31.9 Å². The van der Waals surface area contributed by atoms with Crippen molar-refractivity contribution in [3.63, 3.8) is 0 Å². The van der Waals surface area contributed by atoms with Crippen molar-refractivity contribution in [1.82, 2.24) is 14.9 Å². The Labute approximate surface area is 231 Å². The van der Waals surface area contributed by atoms with Gasteiger partial charge in [-0.3, -0.25) is 9.52 Å². The van der Waals surface area contributed by atoms with Crippen molar-refractivity contribution in [2.45, 2.75) is 37.6 Å². The maximum absolute atomic E-state index is 13.4. The summed E-state index contributed by atoms with van der Waals surface area (Å²) in [7, 11) is -3.77. The quantitative estimate of drug-likeness (QED) is 0.483. The predicted octanol–water partition coefficient (Wildman–Crippen LogP) is 4.22. The van der Waals surface area contributed by atoms with E-state index < -0.39 is 10.0 Å². The number of nitrogens with zero attached hydrogens (tertiary/aromatic N) is 5. The van der Waals surface area contributed by atoms with Gasteiger partial charge in [0.05, 0.1) is 4.90 Å². The maximum Gasteiger partial charge on any atom is 0.263 e. The summed E-state index contributed by atoms with van der Waals surface area (Å²) in [5, 5.41) is 0.725. The smallest absolute Gasteiger partial charge is 0.263 e. The summed E-state index contributed by atoms with van der Waals surface area (Å²) >= 11 is 6.19. The highest BCUT2D eigenvalue weighted by molar-refractivity contribution is 7.92. The average Bonchev–Trinajstić information content (AvgIpc) is 2.91. The fraction of sp³-hybridized carbons (Fsp3) is 0.370. The largest absolute Gasteiger partial charge is 0.368 e. The number of hydrogen-bond donors (Lipinski definition) is 1. The summed E-state index contributed by atoms with van der Waals surface area (Å²) in [5.41, 5.74) is 3.88. The molecule has 1 atom stereocenters. The summed E-state index contributed by atoms with van der Waals surface area (Å²) in [6, 6.07) is 14.0. The van der Waals surface area contributed by atoms with E-state index in [2.05, 4.69) is 24.5 Å². The van der Waals surface area contributed by atoms with Gasteiger partial charge in [0.25, 0.3) is 10.0 Å². The molecule has 0 aliphatic carbocycles. The Morgan fingerprint density at radius 1 is 1.03 bits per heavy atom. The fourth-order valence-electron chi connectivity index (χ4n) is 5.12. The van der Waals surface area contributed by atoms with E-state index in [4.69, 9.17) is 11.6 Å². The SMILES string of the molecule is Cc1cc(NS(=O)(=O)c2ccc(N3CCN(C(=O)[C@@H](C)N4CCCc5cc(Cl)ccc54)CC3)cc2)ncn1.[HH].[HH]. The lowest BCUT2D eigenvalue weighted by Crippen LogP contribution is -2.55. The Bertz CT molecular complexity index is 1440. The molecule has 0 radical (unpaired) electrons. The Morgan fingerprint density at radius 3 is 2.47 bits per heavy atom. The van der Waals surface area contributed by atoms with Crippen molar-refractivity contribution < 1.29 is 16.1 Å². The molecular weight excluding hydrogens is 524 g/mol. The number of piperazine rings is 1. The summed E-state index contributed by atoms with van der Waals surface area (Å²) in [6.07, 6.45) is 3.30. The van der Waals surface area contributed by atoms with Gasteiger partial charge < -0.3 is 14.7 Å². The highest BCUT2D eigenvalue weighted by Gasteiger charge is 2.31. The minimum Gasteiger partial charge on any atom is -0.368 e. The van der Waals surface area contributed by atoms with Crippen LogP contribution in [0.15, 0.2) is 59.8 Å². The number of carbonyl (C=O) groups excluding carboxylic acids is 1. The van der Waals surface area contributed by atoms with Gasteiger partial charge in [0.15, 0.2) is 0 Å². The second kappa shape index (κ2) is 10.8. The second-order valence-corrected chi connectivity index (χ2v) is 11.8. The number of halogens is 1. The molecule has 0 unspecified atom stereocenters. The van der Waals surface area contributed by atoms with Gasteiger partial charge in [-0.05, 0) is 74.7 Å². The first-order valence-electron chi connectivity index (χ1n) is 12.7. The van der Waals surface area contributed by atoms with Crippen LogP contribution >= 0.6 is 11.6 Å². The lowest BCUT2D eigenvalue weighted by Gasteiger charge is -2.41. The standard InChI is InChI=1S/C27H31ClN6O3S.2H2/c1-19-16-26(30-18-29-19)31-38(36,37)24-8-6-23(7-9-24)32-12-14-33(15-13-32)27(35)20(2)34-11-3-4-21-17-22(28)5-10-25(21)34;;/h5-10,16-18,20H,3-4,11-15H2,1-2H3,(H,29,30,31);2*1H/t20-;;/m1../s1. The third kappa shape index (κ3) is 5.56. The van der Waals surface area contributed by atoms with E-state index in [1.165, 1.54) is 11.9 Å². The topological polar surface area (TPSA) is 98.7 Å². The van der Waals surface area contributed by atoms with Gasteiger partial charge in [-0.1, -0.05) is 11.6 Å². The molecule has 204 valence electrons. The first-order valence-corrected chi connectivity index (χ1v) is 14.6. The number of rotatable bonds is 6. The molecule has 2 aliphatic rings. The monoisotopic (exact) mass is 558 g/mol. The third-order valence-electron chi connectivity index (χ3n) is 7.17. The summed E-state index contributed by atoms with van der Waals surface area (Å²) in [4.78, 5) is 27.8. The zero-order chi connectivity index (χ0) is 26.9. The van der Waals surface area contributed by atoms with Gasteiger partial charge in [-0.15, -0.1) is 0 Å². The van der Waals surface area contributed by atoms with Gasteiger partial charge in [-0.25, -0.2) is 18.4 Å². The molecule has 0 bridgehead atoms. The molecule has 3 heterocycles. The Morgan fingerprint density at radius 2 is 1.76 bits per heavy atom. The molecule has 1 N–H and O–H groups in total. The van der Waals surface area contributed by atoms with E-state index >= 15 is 0 Å². The summed E-state index contributed by atoms with van der Waals surface area (Å²) in [5.74, 6) is 0.355. The molecule has 1 aromatic heterocycles. The van der Waals surface area contributed by atoms with Crippen LogP contribution in [0.3, 0.4) is 0 Å². The normalized spacial score (nSPS) is 16.7. The molecule has 3 aromatic rings. The zero-order valence-electron chi connectivity index (χ0n) is 21.5. The Kier molecular flexibility index (Phi) is 7.45. The number of amides is 1.